The Hall–Kier alpha value is -1.42. The van der Waals surface area contributed by atoms with Crippen LogP contribution in [0.2, 0.25) is 0 Å². The molecule has 1 aromatic heterocycles. The molecule has 5 nitrogen and oxygen atoms in total. The predicted molar refractivity (Wildman–Crippen MR) is 74.0 cm³/mol. The van der Waals surface area contributed by atoms with E-state index in [0.717, 1.165) is 25.9 Å². The van der Waals surface area contributed by atoms with Crippen molar-refractivity contribution in [2.75, 3.05) is 25.0 Å². The van der Waals surface area contributed by atoms with E-state index in [1.807, 2.05) is 6.07 Å². The lowest BCUT2D eigenvalue weighted by molar-refractivity contribution is -0.116. The molecule has 19 heavy (non-hydrogen) atoms. The van der Waals surface area contributed by atoms with Crippen LogP contribution in [0.25, 0.3) is 0 Å². The maximum absolute atomic E-state index is 11.8. The summed E-state index contributed by atoms with van der Waals surface area (Å²) in [4.78, 5) is 14.0. The molecule has 6 heteroatoms. The molecule has 0 radical (unpaired) electrons. The fraction of sp³-hybridized carbons (Fsp3) is 0.538. The van der Waals surface area contributed by atoms with Crippen molar-refractivity contribution in [1.29, 1.82) is 5.26 Å². The molecule has 2 heterocycles. The van der Waals surface area contributed by atoms with Crippen LogP contribution in [0.4, 0.5) is 5.00 Å². The van der Waals surface area contributed by atoms with Gasteiger partial charge in [0.15, 0.2) is 0 Å². The number of anilines is 1. The summed E-state index contributed by atoms with van der Waals surface area (Å²) in [6.07, 6.45) is 1.80. The molecule has 0 aromatic carbocycles. The molecule has 1 fully saturated rings. The standard InChI is InChI=1S/C13H17N3O2S/c14-9-10-4-8-19-13(10)15-12(18)3-7-16-5-1-11(17)2-6-16/h4,8,11,17H,1-3,5-7H2,(H,15,18). The van der Waals surface area contributed by atoms with E-state index in [2.05, 4.69) is 10.2 Å². The van der Waals surface area contributed by atoms with Gasteiger partial charge < -0.3 is 15.3 Å². The number of rotatable bonds is 4. The Balaban J connectivity index is 1.75. The molecule has 0 bridgehead atoms. The summed E-state index contributed by atoms with van der Waals surface area (Å²) in [5, 5.41) is 23.4. The van der Waals surface area contributed by atoms with Crippen LogP contribution in [-0.2, 0) is 4.79 Å². The summed E-state index contributed by atoms with van der Waals surface area (Å²) >= 11 is 1.36. The molecule has 0 atom stereocenters. The van der Waals surface area contributed by atoms with Crippen LogP contribution in [0.5, 0.6) is 0 Å². The number of nitrogens with zero attached hydrogens (tertiary/aromatic N) is 2. The highest BCUT2D eigenvalue weighted by Gasteiger charge is 2.17. The average Bonchev–Trinajstić information content (AvgIpc) is 2.85. The first-order chi connectivity index (χ1) is 9.19. The number of nitriles is 1. The topological polar surface area (TPSA) is 76.4 Å². The lowest BCUT2D eigenvalue weighted by Gasteiger charge is -2.29. The van der Waals surface area contributed by atoms with Crippen molar-refractivity contribution in [2.45, 2.75) is 25.4 Å². The van der Waals surface area contributed by atoms with E-state index in [4.69, 9.17) is 5.26 Å². The Bertz CT molecular complexity index is 472. The Kier molecular flexibility index (Phi) is 4.91. The van der Waals surface area contributed by atoms with Crippen LogP contribution in [0.15, 0.2) is 11.4 Å². The number of hydrogen-bond acceptors (Lipinski definition) is 5. The highest BCUT2D eigenvalue weighted by atomic mass is 32.1. The van der Waals surface area contributed by atoms with Gasteiger partial charge in [0.25, 0.3) is 0 Å². The first kappa shape index (κ1) is 14.0. The zero-order valence-electron chi connectivity index (χ0n) is 10.6. The average molecular weight is 279 g/mol. The van der Waals surface area contributed by atoms with Crippen molar-refractivity contribution in [3.8, 4) is 6.07 Å². The zero-order valence-corrected chi connectivity index (χ0v) is 11.4. The molecule has 102 valence electrons. The first-order valence-corrected chi connectivity index (χ1v) is 7.25. The van der Waals surface area contributed by atoms with Crippen molar-refractivity contribution in [2.24, 2.45) is 0 Å². The Labute approximate surface area is 116 Å². The number of piperidine rings is 1. The molecule has 2 N–H and O–H groups in total. The second-order valence-electron chi connectivity index (χ2n) is 4.65. The summed E-state index contributed by atoms with van der Waals surface area (Å²) in [7, 11) is 0. The number of carbonyl (C=O) groups is 1. The quantitative estimate of drug-likeness (QED) is 0.873. The molecule has 0 spiro atoms. The number of likely N-dealkylation sites (tertiary alicyclic amines) is 1. The molecule has 0 unspecified atom stereocenters. The number of thiophene rings is 1. The van der Waals surface area contributed by atoms with Crippen LogP contribution < -0.4 is 5.32 Å². The van der Waals surface area contributed by atoms with Gasteiger partial charge in [0.05, 0.1) is 11.7 Å². The third-order valence-electron chi connectivity index (χ3n) is 3.25. The Morgan fingerprint density at radius 1 is 1.58 bits per heavy atom. The van der Waals surface area contributed by atoms with E-state index in [9.17, 15) is 9.90 Å². The fourth-order valence-corrected chi connectivity index (χ4v) is 2.84. The second kappa shape index (κ2) is 6.66. The smallest absolute Gasteiger partial charge is 0.226 e. The van der Waals surface area contributed by atoms with Crippen molar-refractivity contribution < 1.29 is 9.90 Å². The van der Waals surface area contributed by atoms with Crippen LogP contribution in [0, 0.1) is 11.3 Å². The summed E-state index contributed by atoms with van der Waals surface area (Å²) in [6, 6.07) is 3.75. The van der Waals surface area contributed by atoms with Crippen molar-refractivity contribution in [3.05, 3.63) is 17.0 Å². The van der Waals surface area contributed by atoms with E-state index >= 15 is 0 Å². The van der Waals surface area contributed by atoms with Gasteiger partial charge in [-0.1, -0.05) is 0 Å². The second-order valence-corrected chi connectivity index (χ2v) is 5.56. The van der Waals surface area contributed by atoms with Gasteiger partial charge in [-0.3, -0.25) is 4.79 Å². The van der Waals surface area contributed by atoms with Crippen LogP contribution in [0.3, 0.4) is 0 Å². The van der Waals surface area contributed by atoms with E-state index in [1.165, 1.54) is 11.3 Å². The summed E-state index contributed by atoms with van der Waals surface area (Å²) < 4.78 is 0. The minimum absolute atomic E-state index is 0.0647. The van der Waals surface area contributed by atoms with Gasteiger partial charge >= 0.3 is 0 Å². The molecule has 1 saturated heterocycles. The van der Waals surface area contributed by atoms with Gasteiger partial charge in [-0.2, -0.15) is 5.26 Å². The predicted octanol–water partition coefficient (Wildman–Crippen LogP) is 1.41. The number of hydrogen-bond donors (Lipinski definition) is 2. The van der Waals surface area contributed by atoms with Gasteiger partial charge in [0.1, 0.15) is 11.1 Å². The zero-order chi connectivity index (χ0) is 13.7. The van der Waals surface area contributed by atoms with E-state index in [1.54, 1.807) is 11.4 Å². The minimum Gasteiger partial charge on any atom is -0.393 e. The Morgan fingerprint density at radius 2 is 2.32 bits per heavy atom. The third-order valence-corrected chi connectivity index (χ3v) is 4.08. The van der Waals surface area contributed by atoms with E-state index in [-0.39, 0.29) is 12.0 Å². The lowest BCUT2D eigenvalue weighted by atomic mass is 10.1. The molecule has 1 aliphatic heterocycles. The first-order valence-electron chi connectivity index (χ1n) is 6.37. The number of carbonyl (C=O) groups excluding carboxylic acids is 1. The van der Waals surface area contributed by atoms with E-state index in [0.29, 0.717) is 23.5 Å². The SMILES string of the molecule is N#Cc1ccsc1NC(=O)CCN1CCC(O)CC1. The summed E-state index contributed by atoms with van der Waals surface area (Å²) in [5.41, 5.74) is 0.513. The van der Waals surface area contributed by atoms with Gasteiger partial charge in [-0.15, -0.1) is 11.3 Å². The summed E-state index contributed by atoms with van der Waals surface area (Å²) in [6.45, 7) is 2.39. The fourth-order valence-electron chi connectivity index (χ4n) is 2.09. The number of aliphatic hydroxyl groups is 1. The van der Waals surface area contributed by atoms with Crippen LogP contribution in [0.1, 0.15) is 24.8 Å². The van der Waals surface area contributed by atoms with E-state index < -0.39 is 0 Å². The highest BCUT2D eigenvalue weighted by Crippen LogP contribution is 2.22. The molecule has 1 aromatic rings. The highest BCUT2D eigenvalue weighted by molar-refractivity contribution is 7.14. The van der Waals surface area contributed by atoms with Crippen molar-refractivity contribution in [1.82, 2.24) is 4.90 Å². The molecular weight excluding hydrogens is 262 g/mol. The molecule has 0 aliphatic carbocycles. The molecular formula is C13H17N3O2S. The number of nitrogens with one attached hydrogen (secondary N) is 1. The van der Waals surface area contributed by atoms with Crippen LogP contribution in [-0.4, -0.2) is 41.7 Å². The van der Waals surface area contributed by atoms with Crippen molar-refractivity contribution >= 4 is 22.2 Å². The van der Waals surface area contributed by atoms with Gasteiger partial charge in [-0.05, 0) is 24.3 Å². The van der Waals surface area contributed by atoms with Gasteiger partial charge in [-0.25, -0.2) is 0 Å². The van der Waals surface area contributed by atoms with Crippen LogP contribution >= 0.6 is 11.3 Å². The largest absolute Gasteiger partial charge is 0.393 e. The lowest BCUT2D eigenvalue weighted by Crippen LogP contribution is -2.37. The minimum atomic E-state index is -0.186. The normalized spacial score (nSPS) is 17.1. The monoisotopic (exact) mass is 279 g/mol. The molecule has 1 amide bonds. The number of amides is 1. The third kappa shape index (κ3) is 4.03. The molecule has 1 aliphatic rings. The van der Waals surface area contributed by atoms with Crippen molar-refractivity contribution in [3.63, 3.8) is 0 Å². The molecule has 0 saturated carbocycles. The maximum atomic E-state index is 11.8. The van der Waals surface area contributed by atoms with Gasteiger partial charge in [0.2, 0.25) is 5.91 Å². The van der Waals surface area contributed by atoms with Gasteiger partial charge in [0, 0.05) is 26.1 Å². The summed E-state index contributed by atoms with van der Waals surface area (Å²) in [5.74, 6) is -0.0647. The maximum Gasteiger partial charge on any atom is 0.226 e. The molecule has 2 rings (SSSR count). The number of aliphatic hydroxyl groups excluding tert-OH is 1. The Morgan fingerprint density at radius 3 is 3.00 bits per heavy atom.